The molecule has 0 radical (unpaired) electrons. The van der Waals surface area contributed by atoms with Crippen LogP contribution in [0.5, 0.6) is 0 Å². The van der Waals surface area contributed by atoms with E-state index >= 15 is 0 Å². The van der Waals surface area contributed by atoms with Gasteiger partial charge in [0.05, 0.1) is 16.1 Å². The zero-order valence-electron chi connectivity index (χ0n) is 14.7. The van der Waals surface area contributed by atoms with Crippen molar-refractivity contribution in [3.05, 3.63) is 82.8 Å². The Morgan fingerprint density at radius 1 is 0.759 bits per heavy atom. The number of sulfonamides is 1. The van der Waals surface area contributed by atoms with Gasteiger partial charge in [0, 0.05) is 15.6 Å². The molecule has 1 heterocycles. The molecule has 1 aromatic heterocycles. The Kier molecular flexibility index (Phi) is 5.27. The molecule has 1 N–H and O–H groups in total. The average molecular weight is 446 g/mol. The zero-order chi connectivity index (χ0) is 20.4. The van der Waals surface area contributed by atoms with Crippen LogP contribution in [-0.2, 0) is 10.0 Å². The van der Waals surface area contributed by atoms with E-state index in [1.165, 1.54) is 24.3 Å². The summed E-state index contributed by atoms with van der Waals surface area (Å²) in [5, 5.41) is 9.15. The topological polar surface area (TPSA) is 85.1 Å². The lowest BCUT2D eigenvalue weighted by atomic mass is 10.2. The number of nitrogens with zero attached hydrogens (tertiary/aromatic N) is 2. The van der Waals surface area contributed by atoms with Crippen LogP contribution in [0.15, 0.2) is 82.1 Å². The van der Waals surface area contributed by atoms with Crippen LogP contribution in [0.2, 0.25) is 10.0 Å². The van der Waals surface area contributed by atoms with Crippen LogP contribution >= 0.6 is 23.2 Å². The Labute approximate surface area is 177 Å². The van der Waals surface area contributed by atoms with Crippen molar-refractivity contribution in [2.24, 2.45) is 0 Å². The number of hydrogen-bond acceptors (Lipinski definition) is 5. The molecule has 0 atom stereocenters. The number of nitrogens with one attached hydrogen (secondary N) is 1. The fourth-order valence-corrected chi connectivity index (χ4v) is 3.95. The van der Waals surface area contributed by atoms with Crippen molar-refractivity contribution in [3.63, 3.8) is 0 Å². The lowest BCUT2D eigenvalue weighted by Gasteiger charge is -2.10. The van der Waals surface area contributed by atoms with Gasteiger partial charge in [-0.3, -0.25) is 4.72 Å². The molecule has 9 heteroatoms. The van der Waals surface area contributed by atoms with E-state index in [9.17, 15) is 8.42 Å². The quantitative estimate of drug-likeness (QED) is 0.437. The molecular weight excluding hydrogens is 433 g/mol. The molecular formula is C20H13Cl2N3O3S. The van der Waals surface area contributed by atoms with Crippen molar-refractivity contribution in [2.45, 2.75) is 4.90 Å². The lowest BCUT2D eigenvalue weighted by molar-refractivity contribution is 0.585. The summed E-state index contributed by atoms with van der Waals surface area (Å²) in [6, 6.07) is 19.6. The van der Waals surface area contributed by atoms with E-state index < -0.39 is 10.0 Å². The van der Waals surface area contributed by atoms with E-state index in [4.69, 9.17) is 27.6 Å². The van der Waals surface area contributed by atoms with Gasteiger partial charge in [-0.1, -0.05) is 35.3 Å². The molecule has 0 amide bonds. The maximum Gasteiger partial charge on any atom is 0.261 e. The largest absolute Gasteiger partial charge is 0.416 e. The Morgan fingerprint density at radius 3 is 2.03 bits per heavy atom. The summed E-state index contributed by atoms with van der Waals surface area (Å²) in [5.74, 6) is 0.483. The van der Waals surface area contributed by atoms with Gasteiger partial charge in [-0.05, 0) is 60.7 Å². The molecule has 0 aliphatic rings. The lowest BCUT2D eigenvalue weighted by Crippen LogP contribution is -2.13. The van der Waals surface area contributed by atoms with Gasteiger partial charge in [0.25, 0.3) is 10.0 Å². The maximum atomic E-state index is 12.7. The van der Waals surface area contributed by atoms with Gasteiger partial charge in [-0.25, -0.2) is 8.42 Å². The predicted molar refractivity (Wildman–Crippen MR) is 112 cm³/mol. The Balaban J connectivity index is 1.67. The molecule has 4 aromatic rings. The van der Waals surface area contributed by atoms with Gasteiger partial charge in [0.15, 0.2) is 0 Å². The molecule has 0 aliphatic heterocycles. The minimum absolute atomic E-state index is 0.0871. The molecule has 4 rings (SSSR count). The highest BCUT2D eigenvalue weighted by Crippen LogP contribution is 2.31. The first-order valence-electron chi connectivity index (χ1n) is 8.40. The summed E-state index contributed by atoms with van der Waals surface area (Å²) >= 11 is 11.7. The monoisotopic (exact) mass is 445 g/mol. The summed E-state index contributed by atoms with van der Waals surface area (Å²) < 4.78 is 33.8. The third-order valence-corrected chi connectivity index (χ3v) is 5.93. The van der Waals surface area contributed by atoms with Crippen molar-refractivity contribution in [1.82, 2.24) is 10.2 Å². The number of para-hydroxylation sites is 1. The second-order valence-electron chi connectivity index (χ2n) is 6.02. The number of aromatic nitrogens is 2. The fourth-order valence-electron chi connectivity index (χ4n) is 2.62. The van der Waals surface area contributed by atoms with E-state index in [-0.39, 0.29) is 10.8 Å². The van der Waals surface area contributed by atoms with Gasteiger partial charge in [-0.2, -0.15) is 0 Å². The molecule has 146 valence electrons. The van der Waals surface area contributed by atoms with Crippen LogP contribution in [0.3, 0.4) is 0 Å². The average Bonchev–Trinajstić information content (AvgIpc) is 3.19. The molecule has 0 bridgehead atoms. The van der Waals surface area contributed by atoms with Gasteiger partial charge < -0.3 is 4.42 Å². The highest BCUT2D eigenvalue weighted by molar-refractivity contribution is 7.92. The molecule has 0 aliphatic carbocycles. The van der Waals surface area contributed by atoms with Crippen LogP contribution in [0.25, 0.3) is 22.9 Å². The van der Waals surface area contributed by atoms with Crippen molar-refractivity contribution in [2.75, 3.05) is 4.72 Å². The predicted octanol–water partition coefficient (Wildman–Crippen LogP) is 5.51. The second-order valence-corrected chi connectivity index (χ2v) is 8.58. The zero-order valence-corrected chi connectivity index (χ0v) is 17.0. The number of halogens is 2. The maximum absolute atomic E-state index is 12.7. The second kappa shape index (κ2) is 7.87. The van der Waals surface area contributed by atoms with Crippen molar-refractivity contribution in [3.8, 4) is 22.9 Å². The van der Waals surface area contributed by atoms with Crippen LogP contribution in [-0.4, -0.2) is 18.6 Å². The smallest absolute Gasteiger partial charge is 0.261 e. The van der Waals surface area contributed by atoms with Crippen LogP contribution in [0.1, 0.15) is 0 Å². The van der Waals surface area contributed by atoms with E-state index in [1.807, 2.05) is 0 Å². The minimum atomic E-state index is -3.82. The third-order valence-electron chi connectivity index (χ3n) is 4.04. The fraction of sp³-hybridized carbons (Fsp3) is 0. The van der Waals surface area contributed by atoms with Gasteiger partial charge in [-0.15, -0.1) is 10.2 Å². The summed E-state index contributed by atoms with van der Waals surface area (Å²) in [4.78, 5) is 0.0871. The van der Waals surface area contributed by atoms with Crippen molar-refractivity contribution >= 4 is 38.9 Å². The first-order chi connectivity index (χ1) is 13.9. The molecule has 0 unspecified atom stereocenters. The molecule has 0 fully saturated rings. The van der Waals surface area contributed by atoms with Crippen molar-refractivity contribution < 1.29 is 12.8 Å². The summed E-state index contributed by atoms with van der Waals surface area (Å²) in [6.07, 6.45) is 0. The Hall–Kier alpha value is -2.87. The van der Waals surface area contributed by atoms with E-state index in [1.54, 1.807) is 48.5 Å². The third kappa shape index (κ3) is 4.27. The van der Waals surface area contributed by atoms with E-state index in [0.717, 1.165) is 0 Å². The van der Waals surface area contributed by atoms with Gasteiger partial charge in [0.2, 0.25) is 11.8 Å². The SMILES string of the molecule is O=S(=O)(Nc1ccccc1-c1nnc(-c2ccc(Cl)cc2)o1)c1ccc(Cl)cc1. The molecule has 3 aromatic carbocycles. The first kappa shape index (κ1) is 19.4. The summed E-state index contributed by atoms with van der Waals surface area (Å²) in [5.41, 5.74) is 1.47. The van der Waals surface area contributed by atoms with Crippen LogP contribution < -0.4 is 4.72 Å². The summed E-state index contributed by atoms with van der Waals surface area (Å²) in [6.45, 7) is 0. The number of benzene rings is 3. The number of anilines is 1. The standard InChI is InChI=1S/C20H13Cl2N3O3S/c21-14-7-5-13(6-8-14)19-23-24-20(28-19)17-3-1-2-4-18(17)25-29(26,27)16-11-9-15(22)10-12-16/h1-12,25H. The number of rotatable bonds is 5. The van der Waals surface area contributed by atoms with E-state index in [0.29, 0.717) is 32.8 Å². The highest BCUT2D eigenvalue weighted by atomic mass is 35.5. The highest BCUT2D eigenvalue weighted by Gasteiger charge is 2.19. The number of hydrogen-bond donors (Lipinski definition) is 1. The molecule has 29 heavy (non-hydrogen) atoms. The van der Waals surface area contributed by atoms with Gasteiger partial charge >= 0.3 is 0 Å². The van der Waals surface area contributed by atoms with E-state index in [2.05, 4.69) is 14.9 Å². The Bertz CT molecular complexity index is 1250. The molecule has 0 saturated carbocycles. The first-order valence-corrected chi connectivity index (χ1v) is 10.6. The molecule has 0 spiro atoms. The van der Waals surface area contributed by atoms with Crippen LogP contribution in [0.4, 0.5) is 5.69 Å². The minimum Gasteiger partial charge on any atom is -0.416 e. The van der Waals surface area contributed by atoms with Gasteiger partial charge in [0.1, 0.15) is 0 Å². The van der Waals surface area contributed by atoms with Crippen LogP contribution in [0, 0.1) is 0 Å². The summed E-state index contributed by atoms with van der Waals surface area (Å²) in [7, 11) is -3.82. The molecule has 6 nitrogen and oxygen atoms in total. The Morgan fingerprint density at radius 2 is 1.34 bits per heavy atom. The molecule has 0 saturated heterocycles. The normalized spacial score (nSPS) is 11.4. The van der Waals surface area contributed by atoms with Crippen molar-refractivity contribution in [1.29, 1.82) is 0 Å².